The molecule has 28 heavy (non-hydrogen) atoms. The molecule has 4 rings (SSSR count). The van der Waals surface area contributed by atoms with Crippen LogP contribution in [0.15, 0.2) is 65.6 Å². The van der Waals surface area contributed by atoms with Gasteiger partial charge in [-0.05, 0) is 57.9 Å². The molecule has 0 saturated heterocycles. The van der Waals surface area contributed by atoms with E-state index >= 15 is 0 Å². The van der Waals surface area contributed by atoms with Crippen LogP contribution >= 0.6 is 12.6 Å². The van der Waals surface area contributed by atoms with Crippen LogP contribution in [0.2, 0.25) is 0 Å². The lowest BCUT2D eigenvalue weighted by Crippen LogP contribution is -2.17. The lowest BCUT2D eigenvalue weighted by molar-refractivity contribution is -0.274. The zero-order chi connectivity index (χ0) is 20.1. The molecule has 1 nitrogen and oxygen atoms in total. The molecule has 0 aliphatic carbocycles. The van der Waals surface area contributed by atoms with Gasteiger partial charge in [0.25, 0.3) is 0 Å². The average Bonchev–Trinajstić information content (AvgIpc) is 2.61. The van der Waals surface area contributed by atoms with E-state index in [1.807, 2.05) is 0 Å². The third-order valence-electron chi connectivity index (χ3n) is 4.38. The first-order valence-electron chi connectivity index (χ1n) is 8.12. The van der Waals surface area contributed by atoms with Crippen molar-refractivity contribution in [3.63, 3.8) is 0 Å². The molecule has 4 aromatic carbocycles. The molecule has 7 heteroatoms. The molecule has 0 unspecified atom stereocenters. The number of thiol groups is 1. The Kier molecular flexibility index (Phi) is 4.42. The zero-order valence-electron chi connectivity index (χ0n) is 14.0. The van der Waals surface area contributed by atoms with E-state index < -0.39 is 23.7 Å². The van der Waals surface area contributed by atoms with Crippen molar-refractivity contribution < 1.29 is 26.7 Å². The molecule has 0 aliphatic rings. The Morgan fingerprint density at radius 3 is 1.79 bits per heavy atom. The smallest absolute Gasteiger partial charge is 0.405 e. The van der Waals surface area contributed by atoms with Gasteiger partial charge >= 0.3 is 6.36 Å². The van der Waals surface area contributed by atoms with E-state index in [0.717, 1.165) is 12.1 Å². The maximum atomic E-state index is 13.7. The highest BCUT2D eigenvalue weighted by molar-refractivity contribution is 7.80. The molecule has 0 fully saturated rings. The molecular weight excluding hydrogens is 395 g/mol. The fourth-order valence-electron chi connectivity index (χ4n) is 3.30. The van der Waals surface area contributed by atoms with E-state index in [1.165, 1.54) is 36.4 Å². The highest BCUT2D eigenvalue weighted by atomic mass is 32.1. The van der Waals surface area contributed by atoms with Gasteiger partial charge in [0.1, 0.15) is 17.4 Å². The van der Waals surface area contributed by atoms with Crippen molar-refractivity contribution in [2.24, 2.45) is 0 Å². The SMILES string of the molecule is Fc1ccc2c(-c3c(OC(F)(F)F)ccc4cc(F)ccc34)c(S)ccc2c1. The van der Waals surface area contributed by atoms with Crippen LogP contribution in [0.25, 0.3) is 32.7 Å². The number of hydrogen-bond acceptors (Lipinski definition) is 2. The summed E-state index contributed by atoms with van der Waals surface area (Å²) in [6.07, 6.45) is -4.92. The van der Waals surface area contributed by atoms with Gasteiger partial charge in [-0.1, -0.05) is 24.3 Å². The minimum absolute atomic E-state index is 0.108. The lowest BCUT2D eigenvalue weighted by atomic mass is 9.93. The molecule has 0 atom stereocenters. The van der Waals surface area contributed by atoms with Crippen molar-refractivity contribution in [2.75, 3.05) is 0 Å². The predicted molar refractivity (Wildman–Crippen MR) is 101 cm³/mol. The van der Waals surface area contributed by atoms with Crippen molar-refractivity contribution in [3.8, 4) is 16.9 Å². The van der Waals surface area contributed by atoms with Gasteiger partial charge < -0.3 is 4.74 Å². The molecule has 142 valence electrons. The third kappa shape index (κ3) is 3.38. The summed E-state index contributed by atoms with van der Waals surface area (Å²) in [6.45, 7) is 0. The third-order valence-corrected chi connectivity index (χ3v) is 4.75. The Bertz CT molecular complexity index is 1220. The molecule has 0 aromatic heterocycles. The Morgan fingerprint density at radius 2 is 1.21 bits per heavy atom. The van der Waals surface area contributed by atoms with Gasteiger partial charge in [0.2, 0.25) is 0 Å². The van der Waals surface area contributed by atoms with Crippen molar-refractivity contribution in [1.82, 2.24) is 0 Å². The number of rotatable bonds is 2. The molecule has 0 aliphatic heterocycles. The van der Waals surface area contributed by atoms with E-state index in [1.54, 1.807) is 12.1 Å². The first-order chi connectivity index (χ1) is 13.2. The maximum Gasteiger partial charge on any atom is 0.573 e. The second-order valence-corrected chi connectivity index (χ2v) is 6.66. The van der Waals surface area contributed by atoms with Gasteiger partial charge in [-0.15, -0.1) is 25.8 Å². The standard InChI is InChI=1S/C21H11F5OS/c22-13-3-5-15-11(9-13)1-7-17(27-21(24,25)26)19(15)20-16-6-4-14(23)10-12(16)2-8-18(20)28/h1-10,28H. The Morgan fingerprint density at radius 1 is 0.679 bits per heavy atom. The highest BCUT2D eigenvalue weighted by Crippen LogP contribution is 2.45. The van der Waals surface area contributed by atoms with Crippen molar-refractivity contribution in [2.45, 2.75) is 11.3 Å². The normalized spacial score (nSPS) is 11.9. The Labute approximate surface area is 161 Å². The highest BCUT2D eigenvalue weighted by Gasteiger charge is 2.33. The average molecular weight is 406 g/mol. The van der Waals surface area contributed by atoms with Crippen molar-refractivity contribution in [3.05, 3.63) is 72.3 Å². The van der Waals surface area contributed by atoms with Gasteiger partial charge in [-0.2, -0.15) is 0 Å². The maximum absolute atomic E-state index is 13.7. The van der Waals surface area contributed by atoms with E-state index in [9.17, 15) is 22.0 Å². The Balaban J connectivity index is 2.14. The van der Waals surface area contributed by atoms with Gasteiger partial charge in [0, 0.05) is 16.0 Å². The van der Waals surface area contributed by atoms with Gasteiger partial charge in [-0.3, -0.25) is 0 Å². The van der Waals surface area contributed by atoms with Crippen LogP contribution < -0.4 is 4.74 Å². The van der Waals surface area contributed by atoms with Gasteiger partial charge in [0.05, 0.1) is 0 Å². The van der Waals surface area contributed by atoms with Crippen LogP contribution in [0, 0.1) is 11.6 Å². The number of hydrogen-bond donors (Lipinski definition) is 1. The van der Waals surface area contributed by atoms with E-state index in [0.29, 0.717) is 32.0 Å². The van der Waals surface area contributed by atoms with E-state index in [4.69, 9.17) is 0 Å². The molecule has 0 N–H and O–H groups in total. The fraction of sp³-hybridized carbons (Fsp3) is 0.0476. The summed E-state index contributed by atoms with van der Waals surface area (Å²) in [5, 5.41) is 1.74. The summed E-state index contributed by atoms with van der Waals surface area (Å²) in [5.74, 6) is -1.44. The number of halogens is 5. The lowest BCUT2D eigenvalue weighted by Gasteiger charge is -2.18. The largest absolute Gasteiger partial charge is 0.573 e. The van der Waals surface area contributed by atoms with Gasteiger partial charge in [0.15, 0.2) is 0 Å². The molecule has 0 heterocycles. The van der Waals surface area contributed by atoms with E-state index in [2.05, 4.69) is 17.4 Å². The second-order valence-electron chi connectivity index (χ2n) is 6.18. The molecule has 0 amide bonds. The fourth-order valence-corrected chi connectivity index (χ4v) is 3.61. The molecule has 0 bridgehead atoms. The summed E-state index contributed by atoms with van der Waals surface area (Å²) in [4.78, 5) is 0.378. The Hall–Kier alpha value is -2.80. The molecular formula is C21H11F5OS. The first kappa shape index (κ1) is 18.6. The van der Waals surface area contributed by atoms with Crippen LogP contribution in [-0.4, -0.2) is 6.36 Å². The number of ether oxygens (including phenoxy) is 1. The minimum Gasteiger partial charge on any atom is -0.405 e. The zero-order valence-corrected chi connectivity index (χ0v) is 14.9. The molecule has 0 spiro atoms. The van der Waals surface area contributed by atoms with E-state index in [-0.39, 0.29) is 5.56 Å². The number of alkyl halides is 3. The number of fused-ring (bicyclic) bond motifs is 2. The van der Waals surface area contributed by atoms with Crippen molar-refractivity contribution >= 4 is 34.2 Å². The quantitative estimate of drug-likeness (QED) is 0.275. The van der Waals surface area contributed by atoms with Crippen LogP contribution in [0.5, 0.6) is 5.75 Å². The predicted octanol–water partition coefficient (Wildman–Crippen LogP) is 7.13. The molecule has 0 radical (unpaired) electrons. The summed E-state index contributed by atoms with van der Waals surface area (Å²) >= 11 is 4.41. The van der Waals surface area contributed by atoms with Gasteiger partial charge in [-0.25, -0.2) is 8.78 Å². The second kappa shape index (κ2) is 6.67. The summed E-state index contributed by atoms with van der Waals surface area (Å²) < 4.78 is 70.6. The summed E-state index contributed by atoms with van der Waals surface area (Å²) in [6, 6.07) is 13.4. The summed E-state index contributed by atoms with van der Waals surface area (Å²) in [7, 11) is 0. The first-order valence-corrected chi connectivity index (χ1v) is 8.57. The monoisotopic (exact) mass is 406 g/mol. The van der Waals surface area contributed by atoms with Crippen molar-refractivity contribution in [1.29, 1.82) is 0 Å². The minimum atomic E-state index is -4.92. The van der Waals surface area contributed by atoms with Crippen LogP contribution in [-0.2, 0) is 0 Å². The van der Waals surface area contributed by atoms with Crippen LogP contribution in [0.3, 0.4) is 0 Å². The van der Waals surface area contributed by atoms with Crippen LogP contribution in [0.4, 0.5) is 22.0 Å². The summed E-state index contributed by atoms with van der Waals surface area (Å²) in [5.41, 5.74) is 0.453. The van der Waals surface area contributed by atoms with Crippen LogP contribution in [0.1, 0.15) is 0 Å². The topological polar surface area (TPSA) is 9.23 Å². The molecule has 0 saturated carbocycles. The number of benzene rings is 4. The molecule has 4 aromatic rings.